The Hall–Kier alpha value is -3.09. The van der Waals surface area contributed by atoms with E-state index in [1.54, 1.807) is 35.2 Å². The number of piperazine rings is 1. The summed E-state index contributed by atoms with van der Waals surface area (Å²) in [5.74, 6) is 0.966. The molecule has 2 aliphatic heterocycles. The summed E-state index contributed by atoms with van der Waals surface area (Å²) in [6.07, 6.45) is 0. The zero-order chi connectivity index (χ0) is 20.4. The van der Waals surface area contributed by atoms with E-state index < -0.39 is 10.0 Å². The van der Waals surface area contributed by atoms with Crippen LogP contribution in [0.1, 0.15) is 15.9 Å². The van der Waals surface area contributed by atoms with Gasteiger partial charge in [-0.25, -0.2) is 8.42 Å². The van der Waals surface area contributed by atoms with Crippen LogP contribution in [0.2, 0.25) is 0 Å². The SMILES string of the molecule is N#Cc1ccccc1S(=O)(=O)N1CCN(C(=O)c2ccc3c(c2)OCCO3)CC1. The van der Waals surface area contributed by atoms with Crippen molar-refractivity contribution in [2.45, 2.75) is 4.90 Å². The van der Waals surface area contributed by atoms with Gasteiger partial charge in [0.15, 0.2) is 11.5 Å². The fourth-order valence-electron chi connectivity index (χ4n) is 3.41. The second-order valence-electron chi connectivity index (χ2n) is 6.66. The Bertz CT molecular complexity index is 1090. The third-order valence-corrected chi connectivity index (χ3v) is 6.90. The lowest BCUT2D eigenvalue weighted by atomic mass is 10.1. The molecule has 0 aromatic heterocycles. The van der Waals surface area contributed by atoms with Crippen molar-refractivity contribution in [3.05, 3.63) is 53.6 Å². The smallest absolute Gasteiger partial charge is 0.254 e. The minimum Gasteiger partial charge on any atom is -0.486 e. The minimum absolute atomic E-state index is 0.00545. The highest BCUT2D eigenvalue weighted by Gasteiger charge is 2.32. The van der Waals surface area contributed by atoms with Crippen LogP contribution in [-0.4, -0.2) is 62.9 Å². The van der Waals surface area contributed by atoms with Gasteiger partial charge in [0.25, 0.3) is 5.91 Å². The summed E-state index contributed by atoms with van der Waals surface area (Å²) in [5, 5.41) is 9.20. The quantitative estimate of drug-likeness (QED) is 0.756. The van der Waals surface area contributed by atoms with E-state index >= 15 is 0 Å². The number of amides is 1. The van der Waals surface area contributed by atoms with E-state index in [0.29, 0.717) is 30.3 Å². The van der Waals surface area contributed by atoms with Crippen molar-refractivity contribution in [3.8, 4) is 17.6 Å². The molecule has 0 bridgehead atoms. The van der Waals surface area contributed by atoms with Crippen molar-refractivity contribution in [2.75, 3.05) is 39.4 Å². The van der Waals surface area contributed by atoms with Gasteiger partial charge in [-0.3, -0.25) is 4.79 Å². The molecule has 150 valence electrons. The number of rotatable bonds is 3. The predicted molar refractivity (Wildman–Crippen MR) is 103 cm³/mol. The number of sulfonamides is 1. The predicted octanol–water partition coefficient (Wildman–Crippen LogP) is 1.48. The Balaban J connectivity index is 1.47. The van der Waals surface area contributed by atoms with Gasteiger partial charge in [-0.15, -0.1) is 0 Å². The van der Waals surface area contributed by atoms with E-state index in [1.807, 2.05) is 6.07 Å². The molecule has 2 aromatic carbocycles. The number of carbonyl (C=O) groups is 1. The molecule has 1 fully saturated rings. The van der Waals surface area contributed by atoms with Crippen LogP contribution in [0.5, 0.6) is 11.5 Å². The molecule has 2 heterocycles. The number of hydrogen-bond donors (Lipinski definition) is 0. The Labute approximate surface area is 168 Å². The maximum atomic E-state index is 12.9. The molecular weight excluding hydrogens is 394 g/mol. The van der Waals surface area contributed by atoms with Crippen LogP contribution in [0.4, 0.5) is 0 Å². The van der Waals surface area contributed by atoms with Gasteiger partial charge >= 0.3 is 0 Å². The lowest BCUT2D eigenvalue weighted by Gasteiger charge is -2.34. The standard InChI is InChI=1S/C20H19N3O5S/c21-14-16-3-1-2-4-19(16)29(25,26)23-9-7-22(8-10-23)20(24)15-5-6-17-18(13-15)28-12-11-27-17/h1-6,13H,7-12H2. The first-order valence-corrected chi connectivity index (χ1v) is 10.6. The number of ether oxygens (including phenoxy) is 2. The monoisotopic (exact) mass is 413 g/mol. The molecule has 4 rings (SSSR count). The van der Waals surface area contributed by atoms with E-state index in [4.69, 9.17) is 9.47 Å². The van der Waals surface area contributed by atoms with Gasteiger partial charge in [-0.05, 0) is 30.3 Å². The number of hydrogen-bond acceptors (Lipinski definition) is 6. The Kier molecular flexibility index (Phi) is 5.13. The maximum absolute atomic E-state index is 12.9. The zero-order valence-corrected chi connectivity index (χ0v) is 16.4. The van der Waals surface area contributed by atoms with Crippen LogP contribution in [0.25, 0.3) is 0 Å². The minimum atomic E-state index is -3.79. The molecule has 0 aliphatic carbocycles. The van der Waals surface area contributed by atoms with Gasteiger partial charge in [-0.2, -0.15) is 9.57 Å². The van der Waals surface area contributed by atoms with Crippen molar-refractivity contribution in [1.82, 2.24) is 9.21 Å². The summed E-state index contributed by atoms with van der Waals surface area (Å²) < 4.78 is 38.1. The van der Waals surface area contributed by atoms with Crippen molar-refractivity contribution in [1.29, 1.82) is 5.26 Å². The highest BCUT2D eigenvalue weighted by atomic mass is 32.2. The van der Waals surface area contributed by atoms with Crippen molar-refractivity contribution in [3.63, 3.8) is 0 Å². The fourth-order valence-corrected chi connectivity index (χ4v) is 4.98. The van der Waals surface area contributed by atoms with E-state index in [0.717, 1.165) is 0 Å². The molecule has 0 radical (unpaired) electrons. The van der Waals surface area contributed by atoms with Crippen LogP contribution in [0.3, 0.4) is 0 Å². The summed E-state index contributed by atoms with van der Waals surface area (Å²) in [6, 6.07) is 13.1. The number of benzene rings is 2. The molecule has 29 heavy (non-hydrogen) atoms. The first-order valence-electron chi connectivity index (χ1n) is 9.19. The molecule has 0 atom stereocenters. The second kappa shape index (κ2) is 7.73. The third-order valence-electron chi connectivity index (χ3n) is 4.94. The van der Waals surface area contributed by atoms with E-state index in [2.05, 4.69) is 0 Å². The summed E-state index contributed by atoms with van der Waals surface area (Å²) in [5.41, 5.74) is 0.586. The number of fused-ring (bicyclic) bond motifs is 1. The topological polar surface area (TPSA) is 99.9 Å². The van der Waals surface area contributed by atoms with Crippen LogP contribution in [0, 0.1) is 11.3 Å². The lowest BCUT2D eigenvalue weighted by Crippen LogP contribution is -2.50. The van der Waals surface area contributed by atoms with Crippen molar-refractivity contribution >= 4 is 15.9 Å². The number of nitriles is 1. The van der Waals surface area contributed by atoms with Crippen LogP contribution < -0.4 is 9.47 Å². The molecule has 1 saturated heterocycles. The fraction of sp³-hybridized carbons (Fsp3) is 0.300. The van der Waals surface area contributed by atoms with Crippen LogP contribution in [-0.2, 0) is 10.0 Å². The van der Waals surface area contributed by atoms with Crippen molar-refractivity contribution < 1.29 is 22.7 Å². The summed E-state index contributed by atoms with van der Waals surface area (Å²) in [4.78, 5) is 14.4. The maximum Gasteiger partial charge on any atom is 0.254 e. The highest BCUT2D eigenvalue weighted by Crippen LogP contribution is 2.31. The second-order valence-corrected chi connectivity index (χ2v) is 8.57. The molecule has 2 aromatic rings. The largest absolute Gasteiger partial charge is 0.486 e. The van der Waals surface area contributed by atoms with Crippen LogP contribution >= 0.6 is 0 Å². The average Bonchev–Trinajstić information content (AvgIpc) is 2.78. The molecule has 2 aliphatic rings. The van der Waals surface area contributed by atoms with Gasteiger partial charge in [0.2, 0.25) is 10.0 Å². The number of nitrogens with zero attached hydrogens (tertiary/aromatic N) is 3. The molecule has 9 heteroatoms. The first-order chi connectivity index (χ1) is 14.0. The third kappa shape index (κ3) is 3.64. The van der Waals surface area contributed by atoms with Gasteiger partial charge < -0.3 is 14.4 Å². The van der Waals surface area contributed by atoms with Gasteiger partial charge in [0.05, 0.1) is 10.5 Å². The first kappa shape index (κ1) is 19.2. The van der Waals surface area contributed by atoms with E-state index in [1.165, 1.54) is 16.4 Å². The van der Waals surface area contributed by atoms with E-state index in [9.17, 15) is 18.5 Å². The molecule has 0 saturated carbocycles. The molecule has 0 spiro atoms. The van der Waals surface area contributed by atoms with Gasteiger partial charge in [-0.1, -0.05) is 12.1 Å². The molecule has 0 N–H and O–H groups in total. The van der Waals surface area contributed by atoms with Gasteiger partial charge in [0, 0.05) is 31.7 Å². The average molecular weight is 413 g/mol. The zero-order valence-electron chi connectivity index (χ0n) is 15.6. The lowest BCUT2D eigenvalue weighted by molar-refractivity contribution is 0.0697. The summed E-state index contributed by atoms with van der Waals surface area (Å²) in [6.45, 7) is 1.77. The van der Waals surface area contributed by atoms with E-state index in [-0.39, 0.29) is 42.5 Å². The molecule has 8 nitrogen and oxygen atoms in total. The summed E-state index contributed by atoms with van der Waals surface area (Å²) in [7, 11) is -3.79. The normalized spacial score (nSPS) is 16.9. The molecular formula is C20H19N3O5S. The van der Waals surface area contributed by atoms with Crippen LogP contribution in [0.15, 0.2) is 47.4 Å². The Morgan fingerprint density at radius 3 is 2.38 bits per heavy atom. The Morgan fingerprint density at radius 1 is 0.966 bits per heavy atom. The summed E-state index contributed by atoms with van der Waals surface area (Å²) >= 11 is 0. The van der Waals surface area contributed by atoms with Gasteiger partial charge in [0.1, 0.15) is 19.3 Å². The van der Waals surface area contributed by atoms with Crippen molar-refractivity contribution in [2.24, 2.45) is 0 Å². The number of carbonyl (C=O) groups excluding carboxylic acids is 1. The molecule has 0 unspecified atom stereocenters. The highest BCUT2D eigenvalue weighted by molar-refractivity contribution is 7.89. The molecule has 1 amide bonds. The Morgan fingerprint density at radius 2 is 1.66 bits per heavy atom.